The van der Waals surface area contributed by atoms with Crippen LogP contribution in [0.4, 0.5) is 0 Å². The summed E-state index contributed by atoms with van der Waals surface area (Å²) in [4.78, 5) is 35.9. The van der Waals surface area contributed by atoms with Gasteiger partial charge in [0.25, 0.3) is 11.8 Å². The summed E-state index contributed by atoms with van der Waals surface area (Å²) >= 11 is 0. The molecule has 2 rings (SSSR count). The van der Waals surface area contributed by atoms with Gasteiger partial charge in [-0.25, -0.2) is 0 Å². The highest BCUT2D eigenvalue weighted by molar-refractivity contribution is 5.98. The van der Waals surface area contributed by atoms with Crippen molar-refractivity contribution in [2.45, 2.75) is 13.5 Å². The first kappa shape index (κ1) is 21.7. The minimum atomic E-state index is -0.723. The molecule has 0 aliphatic rings. The van der Waals surface area contributed by atoms with Crippen molar-refractivity contribution < 1.29 is 28.6 Å². The maximum absolute atomic E-state index is 12.2. The van der Waals surface area contributed by atoms with Crippen molar-refractivity contribution in [3.8, 4) is 11.5 Å². The molecule has 8 heteroatoms. The van der Waals surface area contributed by atoms with Crippen molar-refractivity contribution >= 4 is 17.8 Å². The first-order valence-corrected chi connectivity index (χ1v) is 9.09. The largest absolute Gasteiger partial charge is 0.496 e. The molecule has 0 fully saturated rings. The lowest BCUT2D eigenvalue weighted by molar-refractivity contribution is -0.147. The van der Waals surface area contributed by atoms with Crippen LogP contribution in [0, 0.1) is 0 Å². The first-order valence-electron chi connectivity index (χ1n) is 9.09. The van der Waals surface area contributed by atoms with Crippen LogP contribution in [-0.2, 0) is 20.9 Å². The summed E-state index contributed by atoms with van der Waals surface area (Å²) in [6, 6.07) is 14.0. The number of carbonyl (C=O) groups is 3. The van der Waals surface area contributed by atoms with Crippen molar-refractivity contribution in [2.75, 3.05) is 26.9 Å². The number of esters is 1. The minimum Gasteiger partial charge on any atom is -0.496 e. The summed E-state index contributed by atoms with van der Waals surface area (Å²) in [6.45, 7) is 1.66. The smallest absolute Gasteiger partial charge is 0.325 e. The van der Waals surface area contributed by atoms with Crippen LogP contribution in [0.5, 0.6) is 11.5 Å². The Bertz CT molecular complexity index is 853. The molecular formula is C21H24N2O6. The van der Waals surface area contributed by atoms with Gasteiger partial charge >= 0.3 is 5.97 Å². The lowest BCUT2D eigenvalue weighted by Crippen LogP contribution is -2.34. The maximum Gasteiger partial charge on any atom is 0.325 e. The topological polar surface area (TPSA) is 103 Å². The molecule has 0 aliphatic carbocycles. The molecule has 0 bridgehead atoms. The number of nitrogens with one attached hydrogen (secondary N) is 2. The molecule has 0 aliphatic heterocycles. The Balaban J connectivity index is 1.74. The zero-order valence-corrected chi connectivity index (χ0v) is 16.4. The van der Waals surface area contributed by atoms with Crippen LogP contribution in [-0.4, -0.2) is 44.7 Å². The van der Waals surface area contributed by atoms with Crippen LogP contribution in [0.1, 0.15) is 22.8 Å². The third-order valence-corrected chi connectivity index (χ3v) is 3.86. The van der Waals surface area contributed by atoms with Gasteiger partial charge < -0.3 is 24.8 Å². The second-order valence-electron chi connectivity index (χ2n) is 5.86. The summed E-state index contributed by atoms with van der Waals surface area (Å²) in [5, 5.41) is 5.09. The Labute approximate surface area is 169 Å². The zero-order chi connectivity index (χ0) is 21.1. The molecule has 0 unspecified atom stereocenters. The van der Waals surface area contributed by atoms with Gasteiger partial charge in [-0.05, 0) is 25.1 Å². The molecule has 0 saturated heterocycles. The van der Waals surface area contributed by atoms with E-state index in [0.29, 0.717) is 23.7 Å². The number of hydrogen-bond donors (Lipinski definition) is 2. The van der Waals surface area contributed by atoms with Crippen LogP contribution in [0.3, 0.4) is 0 Å². The standard InChI is InChI=1S/C21H24N2O6/c1-3-28-18-11-7-5-9-16(18)21(26)23-13-20(25)29-14-19(24)22-12-15-8-4-6-10-17(15)27-2/h4-11H,3,12-14H2,1-2H3,(H,22,24)(H,23,26). The minimum absolute atomic E-state index is 0.241. The number of ether oxygens (including phenoxy) is 3. The molecule has 2 amide bonds. The second-order valence-corrected chi connectivity index (χ2v) is 5.86. The lowest BCUT2D eigenvalue weighted by Gasteiger charge is -2.11. The quantitative estimate of drug-likeness (QED) is 0.589. The number of rotatable bonds is 10. The van der Waals surface area contributed by atoms with Gasteiger partial charge in [0.2, 0.25) is 0 Å². The molecule has 29 heavy (non-hydrogen) atoms. The fourth-order valence-electron chi connectivity index (χ4n) is 2.47. The first-order chi connectivity index (χ1) is 14.0. The number of hydrogen-bond acceptors (Lipinski definition) is 6. The van der Waals surface area contributed by atoms with Gasteiger partial charge in [0.05, 0.1) is 19.3 Å². The summed E-state index contributed by atoms with van der Waals surface area (Å²) in [7, 11) is 1.55. The summed E-state index contributed by atoms with van der Waals surface area (Å²) in [5.74, 6) is -0.569. The molecule has 8 nitrogen and oxygen atoms in total. The van der Waals surface area contributed by atoms with Crippen molar-refractivity contribution in [1.29, 1.82) is 0 Å². The maximum atomic E-state index is 12.2. The molecule has 0 spiro atoms. The van der Waals surface area contributed by atoms with E-state index in [4.69, 9.17) is 14.2 Å². The number of carbonyl (C=O) groups excluding carboxylic acids is 3. The number of methoxy groups -OCH3 is 1. The van der Waals surface area contributed by atoms with Crippen molar-refractivity contribution in [3.63, 3.8) is 0 Å². The van der Waals surface area contributed by atoms with E-state index in [0.717, 1.165) is 5.56 Å². The van der Waals surface area contributed by atoms with E-state index in [1.165, 1.54) is 0 Å². The van der Waals surface area contributed by atoms with Gasteiger partial charge in [0, 0.05) is 12.1 Å². The molecule has 0 saturated carbocycles. The molecule has 0 heterocycles. The van der Waals surface area contributed by atoms with Gasteiger partial charge in [-0.1, -0.05) is 30.3 Å². The van der Waals surface area contributed by atoms with Crippen LogP contribution >= 0.6 is 0 Å². The normalized spacial score (nSPS) is 10.0. The van der Waals surface area contributed by atoms with Crippen molar-refractivity contribution in [2.24, 2.45) is 0 Å². The highest BCUT2D eigenvalue weighted by atomic mass is 16.5. The number of para-hydroxylation sites is 2. The third kappa shape index (κ3) is 6.84. The highest BCUT2D eigenvalue weighted by Crippen LogP contribution is 2.18. The Morgan fingerprint density at radius 2 is 1.62 bits per heavy atom. The third-order valence-electron chi connectivity index (χ3n) is 3.86. The Kier molecular flexibility index (Phi) is 8.50. The molecule has 0 aromatic heterocycles. The van der Waals surface area contributed by atoms with Gasteiger partial charge in [-0.15, -0.1) is 0 Å². The molecule has 0 radical (unpaired) electrons. The molecule has 154 valence electrons. The van der Waals surface area contributed by atoms with E-state index in [1.807, 2.05) is 25.1 Å². The number of benzene rings is 2. The molecule has 2 N–H and O–H groups in total. The van der Waals surface area contributed by atoms with E-state index in [-0.39, 0.29) is 13.1 Å². The molecule has 0 atom stereocenters. The van der Waals surface area contributed by atoms with Crippen LogP contribution < -0.4 is 20.1 Å². The fourth-order valence-corrected chi connectivity index (χ4v) is 2.47. The fraction of sp³-hybridized carbons (Fsp3) is 0.286. The summed E-state index contributed by atoms with van der Waals surface area (Å²) in [6.07, 6.45) is 0. The summed E-state index contributed by atoms with van der Waals surface area (Å²) in [5.41, 5.74) is 1.12. The second kappa shape index (κ2) is 11.3. The van der Waals surface area contributed by atoms with Crippen molar-refractivity contribution in [1.82, 2.24) is 10.6 Å². The van der Waals surface area contributed by atoms with Crippen LogP contribution in [0.15, 0.2) is 48.5 Å². The van der Waals surface area contributed by atoms with Gasteiger partial charge in [0.1, 0.15) is 18.0 Å². The zero-order valence-electron chi connectivity index (χ0n) is 16.4. The average Bonchev–Trinajstić information content (AvgIpc) is 2.75. The van der Waals surface area contributed by atoms with E-state index in [1.54, 1.807) is 37.4 Å². The predicted molar refractivity (Wildman–Crippen MR) is 106 cm³/mol. The molecule has 2 aromatic carbocycles. The average molecular weight is 400 g/mol. The molecular weight excluding hydrogens is 376 g/mol. The SMILES string of the molecule is CCOc1ccccc1C(=O)NCC(=O)OCC(=O)NCc1ccccc1OC. The van der Waals surface area contributed by atoms with Crippen LogP contribution in [0.2, 0.25) is 0 Å². The highest BCUT2D eigenvalue weighted by Gasteiger charge is 2.14. The Morgan fingerprint density at radius 3 is 2.34 bits per heavy atom. The van der Waals surface area contributed by atoms with Crippen molar-refractivity contribution in [3.05, 3.63) is 59.7 Å². The number of amides is 2. The predicted octanol–water partition coefficient (Wildman–Crippen LogP) is 1.68. The Hall–Kier alpha value is -3.55. The summed E-state index contributed by atoms with van der Waals surface area (Å²) < 4.78 is 15.5. The van der Waals surface area contributed by atoms with Gasteiger partial charge in [-0.3, -0.25) is 14.4 Å². The molecule has 2 aromatic rings. The van der Waals surface area contributed by atoms with Gasteiger partial charge in [0.15, 0.2) is 6.61 Å². The Morgan fingerprint density at radius 1 is 0.931 bits per heavy atom. The lowest BCUT2D eigenvalue weighted by atomic mass is 10.2. The van der Waals surface area contributed by atoms with Gasteiger partial charge in [-0.2, -0.15) is 0 Å². The van der Waals surface area contributed by atoms with E-state index >= 15 is 0 Å². The van der Waals surface area contributed by atoms with E-state index in [2.05, 4.69) is 10.6 Å². The van der Waals surface area contributed by atoms with E-state index < -0.39 is 24.4 Å². The monoisotopic (exact) mass is 400 g/mol. The van der Waals surface area contributed by atoms with E-state index in [9.17, 15) is 14.4 Å². The van der Waals surface area contributed by atoms with Crippen LogP contribution in [0.25, 0.3) is 0 Å².